The molecule has 0 N–H and O–H groups in total. The molecule has 1 amide bonds. The Morgan fingerprint density at radius 2 is 1.81 bits per heavy atom. The Morgan fingerprint density at radius 1 is 1.12 bits per heavy atom. The Balaban J connectivity index is 1.60. The topological polar surface area (TPSA) is 55.8 Å². The highest BCUT2D eigenvalue weighted by Gasteiger charge is 2.25. The van der Waals surface area contributed by atoms with Gasteiger partial charge in [0.15, 0.2) is 6.10 Å². The SMILES string of the molecule is C[C@H](OC(=O)C1=Cc2ccccc2OC1)C(=O)N(C)Cc1ccccc1. The van der Waals surface area contributed by atoms with Crippen molar-refractivity contribution < 1.29 is 19.1 Å². The molecule has 26 heavy (non-hydrogen) atoms. The average molecular weight is 351 g/mol. The van der Waals surface area contributed by atoms with Gasteiger partial charge in [0, 0.05) is 19.2 Å². The number of fused-ring (bicyclic) bond motifs is 1. The average Bonchev–Trinajstić information content (AvgIpc) is 2.67. The first-order valence-electron chi connectivity index (χ1n) is 8.47. The van der Waals surface area contributed by atoms with Crippen LogP contribution in [0.5, 0.6) is 5.75 Å². The number of carbonyl (C=O) groups is 2. The molecule has 1 heterocycles. The maximum Gasteiger partial charge on any atom is 0.338 e. The van der Waals surface area contributed by atoms with Gasteiger partial charge in [-0.1, -0.05) is 48.5 Å². The molecule has 0 saturated heterocycles. The van der Waals surface area contributed by atoms with Crippen molar-refractivity contribution in [3.05, 3.63) is 71.3 Å². The van der Waals surface area contributed by atoms with E-state index in [0.29, 0.717) is 12.1 Å². The van der Waals surface area contributed by atoms with Crippen LogP contribution in [0, 0.1) is 0 Å². The van der Waals surface area contributed by atoms with Gasteiger partial charge in [-0.05, 0) is 24.6 Å². The third-order valence-electron chi connectivity index (χ3n) is 4.16. The van der Waals surface area contributed by atoms with Crippen LogP contribution in [0.4, 0.5) is 0 Å². The summed E-state index contributed by atoms with van der Waals surface area (Å²) < 4.78 is 10.9. The minimum absolute atomic E-state index is 0.136. The second-order valence-electron chi connectivity index (χ2n) is 6.22. The summed E-state index contributed by atoms with van der Waals surface area (Å²) in [7, 11) is 1.69. The Hall–Kier alpha value is -3.08. The number of ether oxygens (including phenoxy) is 2. The van der Waals surface area contributed by atoms with Crippen LogP contribution in [-0.2, 0) is 20.9 Å². The Bertz CT molecular complexity index is 829. The van der Waals surface area contributed by atoms with Gasteiger partial charge in [-0.3, -0.25) is 4.79 Å². The molecule has 1 aliphatic rings. The number of esters is 1. The van der Waals surface area contributed by atoms with Crippen molar-refractivity contribution >= 4 is 18.0 Å². The molecule has 2 aromatic carbocycles. The zero-order valence-corrected chi connectivity index (χ0v) is 14.8. The first-order valence-corrected chi connectivity index (χ1v) is 8.47. The molecule has 0 aliphatic carbocycles. The molecule has 1 atom stereocenters. The molecule has 134 valence electrons. The number of rotatable bonds is 5. The van der Waals surface area contributed by atoms with E-state index in [1.54, 1.807) is 24.9 Å². The van der Waals surface area contributed by atoms with Crippen LogP contribution >= 0.6 is 0 Å². The van der Waals surface area contributed by atoms with Crippen molar-refractivity contribution in [2.45, 2.75) is 19.6 Å². The Labute approximate surface area is 152 Å². The summed E-state index contributed by atoms with van der Waals surface area (Å²) in [6.07, 6.45) is 0.876. The molecule has 5 nitrogen and oxygen atoms in total. The molecule has 3 rings (SSSR count). The van der Waals surface area contributed by atoms with E-state index in [1.807, 2.05) is 54.6 Å². The highest BCUT2D eigenvalue weighted by atomic mass is 16.6. The van der Waals surface area contributed by atoms with E-state index >= 15 is 0 Å². The quantitative estimate of drug-likeness (QED) is 0.777. The van der Waals surface area contributed by atoms with Gasteiger partial charge in [0.1, 0.15) is 12.4 Å². The van der Waals surface area contributed by atoms with Crippen LogP contribution in [0.25, 0.3) is 6.08 Å². The van der Waals surface area contributed by atoms with E-state index in [1.165, 1.54) is 0 Å². The maximum atomic E-state index is 12.5. The van der Waals surface area contributed by atoms with Crippen molar-refractivity contribution in [2.24, 2.45) is 0 Å². The van der Waals surface area contributed by atoms with Crippen LogP contribution in [-0.4, -0.2) is 36.5 Å². The minimum Gasteiger partial charge on any atom is -0.488 e. The number of para-hydroxylation sites is 1. The number of benzene rings is 2. The molecule has 0 radical (unpaired) electrons. The minimum atomic E-state index is -0.866. The molecule has 1 aliphatic heterocycles. The first kappa shape index (κ1) is 17.7. The van der Waals surface area contributed by atoms with Crippen LogP contribution in [0.3, 0.4) is 0 Å². The molecule has 0 unspecified atom stereocenters. The van der Waals surface area contributed by atoms with Crippen LogP contribution in [0.2, 0.25) is 0 Å². The summed E-state index contributed by atoms with van der Waals surface area (Å²) in [5.41, 5.74) is 2.24. The summed E-state index contributed by atoms with van der Waals surface area (Å²) in [5.74, 6) is -0.0517. The number of carbonyl (C=O) groups excluding carboxylic acids is 2. The van der Waals surface area contributed by atoms with Crippen molar-refractivity contribution in [1.29, 1.82) is 0 Å². The zero-order chi connectivity index (χ0) is 18.5. The van der Waals surface area contributed by atoms with E-state index in [2.05, 4.69) is 0 Å². The van der Waals surface area contributed by atoms with Gasteiger partial charge in [-0.15, -0.1) is 0 Å². The third kappa shape index (κ3) is 4.11. The standard InChI is InChI=1S/C21H21NO4/c1-15(20(23)22(2)13-16-8-4-3-5-9-16)26-21(24)18-12-17-10-6-7-11-19(17)25-14-18/h3-12,15H,13-14H2,1-2H3/t15-/m0/s1. The lowest BCUT2D eigenvalue weighted by atomic mass is 10.1. The Morgan fingerprint density at radius 3 is 2.58 bits per heavy atom. The van der Waals surface area contributed by atoms with E-state index in [0.717, 1.165) is 16.9 Å². The van der Waals surface area contributed by atoms with Gasteiger partial charge in [-0.25, -0.2) is 4.79 Å². The number of likely N-dealkylation sites (N-methyl/N-ethyl adjacent to an activating group) is 1. The summed E-state index contributed by atoms with van der Waals surface area (Å²) in [5, 5.41) is 0. The van der Waals surface area contributed by atoms with E-state index in [9.17, 15) is 9.59 Å². The lowest BCUT2D eigenvalue weighted by Crippen LogP contribution is -2.37. The zero-order valence-electron chi connectivity index (χ0n) is 14.8. The van der Waals surface area contributed by atoms with Crippen molar-refractivity contribution in [2.75, 3.05) is 13.7 Å². The molecule has 0 aromatic heterocycles. The highest BCUT2D eigenvalue weighted by molar-refractivity contribution is 5.96. The summed E-state index contributed by atoms with van der Waals surface area (Å²) in [4.78, 5) is 26.4. The molecule has 0 bridgehead atoms. The Kier molecular flexibility index (Phi) is 5.37. The second kappa shape index (κ2) is 7.87. The van der Waals surface area contributed by atoms with Gasteiger partial charge in [-0.2, -0.15) is 0 Å². The van der Waals surface area contributed by atoms with E-state index in [4.69, 9.17) is 9.47 Å². The smallest absolute Gasteiger partial charge is 0.338 e. The fourth-order valence-corrected chi connectivity index (χ4v) is 2.77. The number of nitrogens with zero attached hydrogens (tertiary/aromatic N) is 1. The molecule has 0 saturated carbocycles. The van der Waals surface area contributed by atoms with Crippen LogP contribution in [0.15, 0.2) is 60.2 Å². The van der Waals surface area contributed by atoms with Gasteiger partial charge >= 0.3 is 5.97 Å². The number of amides is 1. The molecule has 0 spiro atoms. The van der Waals surface area contributed by atoms with Gasteiger partial charge in [0.25, 0.3) is 5.91 Å². The van der Waals surface area contributed by atoms with Crippen LogP contribution < -0.4 is 4.74 Å². The van der Waals surface area contributed by atoms with Crippen molar-refractivity contribution in [1.82, 2.24) is 4.90 Å². The first-order chi connectivity index (χ1) is 12.5. The highest BCUT2D eigenvalue weighted by Crippen LogP contribution is 2.26. The third-order valence-corrected chi connectivity index (χ3v) is 4.16. The van der Waals surface area contributed by atoms with E-state index in [-0.39, 0.29) is 12.5 Å². The van der Waals surface area contributed by atoms with Gasteiger partial charge < -0.3 is 14.4 Å². The second-order valence-corrected chi connectivity index (χ2v) is 6.22. The largest absolute Gasteiger partial charge is 0.488 e. The normalized spacial score (nSPS) is 13.7. The fraction of sp³-hybridized carbons (Fsp3) is 0.238. The van der Waals surface area contributed by atoms with Gasteiger partial charge in [0.2, 0.25) is 0 Å². The molecular formula is C21H21NO4. The fourth-order valence-electron chi connectivity index (χ4n) is 2.77. The molecule has 5 heteroatoms. The number of hydrogen-bond donors (Lipinski definition) is 0. The predicted molar refractivity (Wildman–Crippen MR) is 98.4 cm³/mol. The maximum absolute atomic E-state index is 12.5. The summed E-state index contributed by atoms with van der Waals surface area (Å²) >= 11 is 0. The van der Waals surface area contributed by atoms with Crippen molar-refractivity contribution in [3.8, 4) is 5.75 Å². The summed E-state index contributed by atoms with van der Waals surface area (Å²) in [6.45, 7) is 2.18. The van der Waals surface area contributed by atoms with Gasteiger partial charge in [0.05, 0.1) is 5.57 Å². The van der Waals surface area contributed by atoms with Crippen LogP contribution in [0.1, 0.15) is 18.1 Å². The van der Waals surface area contributed by atoms with E-state index < -0.39 is 12.1 Å². The van der Waals surface area contributed by atoms with Crippen molar-refractivity contribution in [3.63, 3.8) is 0 Å². The predicted octanol–water partition coefficient (Wildman–Crippen LogP) is 3.05. The number of hydrogen-bond acceptors (Lipinski definition) is 4. The molecular weight excluding hydrogens is 330 g/mol. The lowest BCUT2D eigenvalue weighted by molar-refractivity contribution is -0.155. The molecule has 0 fully saturated rings. The molecule has 2 aromatic rings. The lowest BCUT2D eigenvalue weighted by Gasteiger charge is -2.23. The monoisotopic (exact) mass is 351 g/mol. The summed E-state index contributed by atoms with van der Waals surface area (Å²) in [6, 6.07) is 17.1.